The zero-order valence-corrected chi connectivity index (χ0v) is 12.5. The lowest BCUT2D eigenvalue weighted by Gasteiger charge is -2.10. The van der Waals surface area contributed by atoms with Crippen LogP contribution in [0.3, 0.4) is 0 Å². The number of halogens is 2. The van der Waals surface area contributed by atoms with Gasteiger partial charge in [-0.1, -0.05) is 29.3 Å². The van der Waals surface area contributed by atoms with Gasteiger partial charge in [0.15, 0.2) is 0 Å². The highest BCUT2D eigenvalue weighted by Gasteiger charge is 2.20. The lowest BCUT2D eigenvalue weighted by atomic mass is 10.2. The second-order valence-electron chi connectivity index (χ2n) is 4.06. The summed E-state index contributed by atoms with van der Waals surface area (Å²) in [4.78, 5) is 25.8. The van der Waals surface area contributed by atoms with Crippen molar-refractivity contribution in [1.29, 1.82) is 0 Å². The first-order valence-electron chi connectivity index (χ1n) is 5.67. The van der Waals surface area contributed by atoms with Gasteiger partial charge in [-0.05, 0) is 12.1 Å². The Bertz CT molecular complexity index is 887. The average molecular weight is 341 g/mol. The van der Waals surface area contributed by atoms with Gasteiger partial charge in [0.1, 0.15) is 17.1 Å². The van der Waals surface area contributed by atoms with E-state index in [0.717, 1.165) is 11.4 Å². The maximum Gasteiger partial charge on any atom is 0.272 e. The fraction of sp³-hybridized carbons (Fsp3) is 0. The maximum atomic E-state index is 12.2. The van der Waals surface area contributed by atoms with Crippen LogP contribution in [0, 0.1) is 0 Å². The number of pyridine rings is 1. The standard InChI is InChI=1S/C12H6Cl2N4O2S/c13-5-4-6(14)10-11(18-21-17-10)9(5)16-12(20)7-2-1-3-8(19)15-7/h1-4H,(H,15,19)(H,16,20). The molecule has 2 heterocycles. The molecule has 0 atom stereocenters. The van der Waals surface area contributed by atoms with Crippen molar-refractivity contribution < 1.29 is 4.79 Å². The Morgan fingerprint density at radius 2 is 1.95 bits per heavy atom. The number of hydrogen-bond donors (Lipinski definition) is 2. The maximum absolute atomic E-state index is 12.2. The lowest BCUT2D eigenvalue weighted by molar-refractivity contribution is 0.102. The highest BCUT2D eigenvalue weighted by molar-refractivity contribution is 7.58. The predicted molar refractivity (Wildman–Crippen MR) is 83.0 cm³/mol. The summed E-state index contributed by atoms with van der Waals surface area (Å²) in [6, 6.07) is 5.76. The Morgan fingerprint density at radius 3 is 2.71 bits per heavy atom. The quantitative estimate of drug-likeness (QED) is 0.745. The molecule has 0 saturated heterocycles. The minimum atomic E-state index is -0.508. The number of amides is 1. The van der Waals surface area contributed by atoms with E-state index in [-0.39, 0.29) is 16.3 Å². The van der Waals surface area contributed by atoms with Gasteiger partial charge in [0.2, 0.25) is 5.56 Å². The molecule has 1 aliphatic rings. The first-order valence-corrected chi connectivity index (χ1v) is 7.16. The third kappa shape index (κ3) is 2.63. The Labute approximate surface area is 132 Å². The summed E-state index contributed by atoms with van der Waals surface area (Å²) >= 11 is 13.1. The third-order valence-electron chi connectivity index (χ3n) is 2.70. The third-order valence-corrected chi connectivity index (χ3v) is 3.81. The van der Waals surface area contributed by atoms with Crippen LogP contribution in [-0.2, 0) is 11.4 Å². The Morgan fingerprint density at radius 1 is 1.19 bits per heavy atom. The predicted octanol–water partition coefficient (Wildman–Crippen LogP) is 3.66. The van der Waals surface area contributed by atoms with E-state index in [0.29, 0.717) is 22.1 Å². The molecule has 21 heavy (non-hydrogen) atoms. The average Bonchev–Trinajstić information content (AvgIpc) is 2.93. The number of benzene rings is 1. The molecule has 0 aliphatic carbocycles. The van der Waals surface area contributed by atoms with Crippen molar-refractivity contribution in [3.8, 4) is 0 Å². The molecule has 106 valence electrons. The summed E-state index contributed by atoms with van der Waals surface area (Å²) in [5.41, 5.74) is 0.918. The van der Waals surface area contributed by atoms with Crippen molar-refractivity contribution in [2.24, 2.45) is 8.73 Å². The Kier molecular flexibility index (Phi) is 3.62. The summed E-state index contributed by atoms with van der Waals surface area (Å²) in [5.74, 6) is -0.508. The SMILES string of the molecule is O=C(Nc1c(Cl)cc(Cl)c2c1N=S=N2)c1cccc(=O)[nH]1. The van der Waals surface area contributed by atoms with E-state index in [1.807, 2.05) is 0 Å². The number of aromatic amines is 1. The lowest BCUT2D eigenvalue weighted by Crippen LogP contribution is -2.18. The smallest absolute Gasteiger partial charge is 0.272 e. The zero-order chi connectivity index (χ0) is 15.0. The first kappa shape index (κ1) is 14.0. The van der Waals surface area contributed by atoms with E-state index in [9.17, 15) is 9.59 Å². The molecule has 0 unspecified atom stereocenters. The number of carbonyl (C=O) groups is 1. The number of H-pyrrole nitrogens is 1. The number of fused-ring (bicyclic) bond motifs is 1. The summed E-state index contributed by atoms with van der Waals surface area (Å²) in [6.07, 6.45) is 0. The van der Waals surface area contributed by atoms with Crippen molar-refractivity contribution in [2.75, 3.05) is 5.32 Å². The summed E-state index contributed by atoms with van der Waals surface area (Å²) in [7, 11) is 0. The monoisotopic (exact) mass is 340 g/mol. The van der Waals surface area contributed by atoms with Gasteiger partial charge in [-0.3, -0.25) is 9.59 Å². The van der Waals surface area contributed by atoms with Gasteiger partial charge >= 0.3 is 0 Å². The van der Waals surface area contributed by atoms with E-state index in [1.54, 1.807) is 0 Å². The number of rotatable bonds is 2. The zero-order valence-electron chi connectivity index (χ0n) is 10.2. The molecule has 3 rings (SSSR count). The molecule has 0 radical (unpaired) electrons. The number of nitrogens with zero attached hydrogens (tertiary/aromatic N) is 2. The molecule has 1 aliphatic heterocycles. The molecule has 0 fully saturated rings. The van der Waals surface area contributed by atoms with Crippen molar-refractivity contribution >= 4 is 57.5 Å². The van der Waals surface area contributed by atoms with E-state index in [1.165, 1.54) is 24.3 Å². The summed E-state index contributed by atoms with van der Waals surface area (Å²) < 4.78 is 8.12. The van der Waals surface area contributed by atoms with E-state index >= 15 is 0 Å². The summed E-state index contributed by atoms with van der Waals surface area (Å²) in [5, 5.41) is 3.21. The normalized spacial score (nSPS) is 11.9. The fourth-order valence-electron chi connectivity index (χ4n) is 1.75. The minimum Gasteiger partial charge on any atom is -0.318 e. The van der Waals surface area contributed by atoms with E-state index < -0.39 is 5.91 Å². The molecule has 6 nitrogen and oxygen atoms in total. The second kappa shape index (κ2) is 5.44. The minimum absolute atomic E-state index is 0.116. The molecule has 9 heteroatoms. The van der Waals surface area contributed by atoms with Gasteiger partial charge in [0.25, 0.3) is 5.91 Å². The molecule has 1 amide bonds. The highest BCUT2D eigenvalue weighted by atomic mass is 35.5. The molecule has 1 aromatic carbocycles. The number of aromatic nitrogens is 1. The van der Waals surface area contributed by atoms with Crippen molar-refractivity contribution in [2.45, 2.75) is 0 Å². The van der Waals surface area contributed by atoms with E-state index in [2.05, 4.69) is 19.0 Å². The van der Waals surface area contributed by atoms with Crippen LogP contribution < -0.4 is 10.9 Å². The fourth-order valence-corrected chi connectivity index (χ4v) is 2.91. The largest absolute Gasteiger partial charge is 0.318 e. The van der Waals surface area contributed by atoms with Crippen LogP contribution in [0.4, 0.5) is 17.1 Å². The number of hydrogen-bond acceptors (Lipinski definition) is 4. The molecule has 1 aromatic heterocycles. The van der Waals surface area contributed by atoms with Crippen LogP contribution in [0.1, 0.15) is 10.5 Å². The number of nitrogens with one attached hydrogen (secondary N) is 2. The second-order valence-corrected chi connectivity index (χ2v) is 5.40. The van der Waals surface area contributed by atoms with Gasteiger partial charge in [-0.25, -0.2) is 0 Å². The van der Waals surface area contributed by atoms with E-state index in [4.69, 9.17) is 23.2 Å². The molecule has 0 spiro atoms. The molecule has 2 aromatic rings. The van der Waals surface area contributed by atoms with Crippen LogP contribution in [0.15, 0.2) is 37.8 Å². The van der Waals surface area contributed by atoms with Crippen LogP contribution in [0.5, 0.6) is 0 Å². The molecule has 2 N–H and O–H groups in total. The number of anilines is 1. The van der Waals surface area contributed by atoms with Crippen molar-refractivity contribution in [3.63, 3.8) is 0 Å². The van der Waals surface area contributed by atoms with Gasteiger partial charge in [0, 0.05) is 6.07 Å². The van der Waals surface area contributed by atoms with Gasteiger partial charge in [0.05, 0.1) is 27.1 Å². The van der Waals surface area contributed by atoms with Crippen LogP contribution in [0.25, 0.3) is 0 Å². The summed E-state index contributed by atoms with van der Waals surface area (Å²) in [6.45, 7) is 0. The van der Waals surface area contributed by atoms with Crippen molar-refractivity contribution in [1.82, 2.24) is 4.98 Å². The number of carbonyl (C=O) groups excluding carboxylic acids is 1. The molecular weight excluding hydrogens is 335 g/mol. The molecule has 0 bridgehead atoms. The Hall–Kier alpha value is -1.96. The highest BCUT2D eigenvalue weighted by Crippen LogP contribution is 2.47. The van der Waals surface area contributed by atoms with Crippen molar-refractivity contribution in [3.05, 3.63) is 50.4 Å². The van der Waals surface area contributed by atoms with Crippen LogP contribution >= 0.6 is 23.2 Å². The Balaban J connectivity index is 2.00. The van der Waals surface area contributed by atoms with Gasteiger partial charge < -0.3 is 10.3 Å². The van der Waals surface area contributed by atoms with Crippen LogP contribution in [0.2, 0.25) is 10.0 Å². The first-order chi connectivity index (χ1) is 10.1. The van der Waals surface area contributed by atoms with Gasteiger partial charge in [-0.15, -0.1) is 0 Å². The molecular formula is C12H6Cl2N4O2S. The topological polar surface area (TPSA) is 86.7 Å². The van der Waals surface area contributed by atoms with Crippen LogP contribution in [-0.4, -0.2) is 10.9 Å². The van der Waals surface area contributed by atoms with Gasteiger partial charge in [-0.2, -0.15) is 8.73 Å². The molecule has 0 saturated carbocycles.